The fourth-order valence-electron chi connectivity index (χ4n) is 3.00. The van der Waals surface area contributed by atoms with Crippen LogP contribution in [0, 0.1) is 0 Å². The molecule has 1 fully saturated rings. The predicted molar refractivity (Wildman–Crippen MR) is 111 cm³/mol. The van der Waals surface area contributed by atoms with Crippen molar-refractivity contribution in [3.8, 4) is 5.75 Å². The smallest absolute Gasteiger partial charge is 0.243 e. The van der Waals surface area contributed by atoms with Crippen molar-refractivity contribution < 1.29 is 17.9 Å². The standard InChI is InChI=1S/C20H24N2O4S2/c1-26-18-7-9-19(10-8-18)28(24,25)22-13-11-21(12-14-22)20(23)16-27-15-17-5-3-2-4-6-17/h2-10H,11-16H2,1H3. The van der Waals surface area contributed by atoms with E-state index in [1.54, 1.807) is 40.9 Å². The van der Waals surface area contributed by atoms with Crippen LogP contribution in [0.25, 0.3) is 0 Å². The molecule has 150 valence electrons. The maximum atomic E-state index is 12.8. The number of sulfonamides is 1. The molecule has 0 spiro atoms. The van der Waals surface area contributed by atoms with Gasteiger partial charge < -0.3 is 9.64 Å². The van der Waals surface area contributed by atoms with E-state index in [2.05, 4.69) is 0 Å². The zero-order valence-electron chi connectivity index (χ0n) is 15.8. The van der Waals surface area contributed by atoms with Gasteiger partial charge in [0.15, 0.2) is 0 Å². The molecule has 0 bridgehead atoms. The van der Waals surface area contributed by atoms with Crippen molar-refractivity contribution in [2.75, 3.05) is 39.0 Å². The Bertz CT molecular complexity index is 878. The minimum atomic E-state index is -3.55. The summed E-state index contributed by atoms with van der Waals surface area (Å²) in [5, 5.41) is 0. The number of methoxy groups -OCH3 is 1. The van der Waals surface area contributed by atoms with Gasteiger partial charge in [0.25, 0.3) is 0 Å². The molecule has 1 aliphatic rings. The molecule has 0 saturated carbocycles. The highest BCUT2D eigenvalue weighted by atomic mass is 32.2. The first-order chi connectivity index (χ1) is 13.5. The van der Waals surface area contributed by atoms with E-state index >= 15 is 0 Å². The van der Waals surface area contributed by atoms with Gasteiger partial charge in [-0.15, -0.1) is 11.8 Å². The fraction of sp³-hybridized carbons (Fsp3) is 0.350. The Morgan fingerprint density at radius 1 is 1.00 bits per heavy atom. The highest BCUT2D eigenvalue weighted by Crippen LogP contribution is 2.21. The molecular weight excluding hydrogens is 396 g/mol. The van der Waals surface area contributed by atoms with Crippen LogP contribution < -0.4 is 4.74 Å². The number of amides is 1. The third-order valence-electron chi connectivity index (χ3n) is 4.63. The lowest BCUT2D eigenvalue weighted by Crippen LogP contribution is -2.50. The molecule has 0 N–H and O–H groups in total. The number of ether oxygens (including phenoxy) is 1. The monoisotopic (exact) mass is 420 g/mol. The van der Waals surface area contributed by atoms with Gasteiger partial charge in [-0.25, -0.2) is 8.42 Å². The average molecular weight is 421 g/mol. The normalized spacial score (nSPS) is 15.4. The summed E-state index contributed by atoms with van der Waals surface area (Å²) in [6.45, 7) is 1.45. The molecule has 1 saturated heterocycles. The minimum Gasteiger partial charge on any atom is -0.497 e. The van der Waals surface area contributed by atoms with Crippen LogP contribution in [0.4, 0.5) is 0 Å². The van der Waals surface area contributed by atoms with Crippen molar-refractivity contribution in [3.63, 3.8) is 0 Å². The first-order valence-electron chi connectivity index (χ1n) is 9.04. The number of thioether (sulfide) groups is 1. The van der Waals surface area contributed by atoms with E-state index in [9.17, 15) is 13.2 Å². The van der Waals surface area contributed by atoms with Crippen LogP contribution in [0.1, 0.15) is 5.56 Å². The lowest BCUT2D eigenvalue weighted by atomic mass is 10.2. The number of hydrogen-bond donors (Lipinski definition) is 0. The largest absolute Gasteiger partial charge is 0.497 e. The number of carbonyl (C=O) groups is 1. The van der Waals surface area contributed by atoms with Crippen molar-refractivity contribution in [2.24, 2.45) is 0 Å². The van der Waals surface area contributed by atoms with E-state index in [0.29, 0.717) is 37.7 Å². The summed E-state index contributed by atoms with van der Waals surface area (Å²) < 4.78 is 32.1. The molecule has 2 aromatic rings. The zero-order chi connectivity index (χ0) is 20.0. The van der Waals surface area contributed by atoms with Gasteiger partial charge in [0.1, 0.15) is 5.75 Å². The van der Waals surface area contributed by atoms with Crippen molar-refractivity contribution in [1.29, 1.82) is 0 Å². The second-order valence-electron chi connectivity index (χ2n) is 6.44. The Kier molecular flexibility index (Phi) is 6.98. The SMILES string of the molecule is COc1ccc(S(=O)(=O)N2CCN(C(=O)CSCc3ccccc3)CC2)cc1. The quantitative estimate of drug-likeness (QED) is 0.688. The molecule has 8 heteroatoms. The van der Waals surface area contributed by atoms with Crippen molar-refractivity contribution in [3.05, 3.63) is 60.2 Å². The van der Waals surface area contributed by atoms with Crippen molar-refractivity contribution in [1.82, 2.24) is 9.21 Å². The fourth-order valence-corrected chi connectivity index (χ4v) is 5.31. The summed E-state index contributed by atoms with van der Waals surface area (Å²) in [6, 6.07) is 16.4. The molecule has 0 unspecified atom stereocenters. The van der Waals surface area contributed by atoms with Gasteiger partial charge in [-0.1, -0.05) is 30.3 Å². The number of nitrogens with zero attached hydrogens (tertiary/aromatic N) is 2. The number of piperazine rings is 1. The van der Waals surface area contributed by atoms with Crippen molar-refractivity contribution >= 4 is 27.7 Å². The highest BCUT2D eigenvalue weighted by Gasteiger charge is 2.30. The first-order valence-corrected chi connectivity index (χ1v) is 11.6. The molecular formula is C20H24N2O4S2. The maximum absolute atomic E-state index is 12.8. The Morgan fingerprint density at radius 3 is 2.25 bits per heavy atom. The Labute approximate surface area is 170 Å². The van der Waals surface area contributed by atoms with Crippen LogP contribution in [0.2, 0.25) is 0 Å². The Hall–Kier alpha value is -2.03. The van der Waals surface area contributed by atoms with E-state index in [0.717, 1.165) is 5.75 Å². The van der Waals surface area contributed by atoms with Crippen LogP contribution in [-0.4, -0.2) is 62.6 Å². The molecule has 0 aromatic heterocycles. The van der Waals surface area contributed by atoms with Crippen LogP contribution in [-0.2, 0) is 20.6 Å². The minimum absolute atomic E-state index is 0.0578. The number of benzene rings is 2. The van der Waals surface area contributed by atoms with Crippen LogP contribution in [0.15, 0.2) is 59.5 Å². The molecule has 28 heavy (non-hydrogen) atoms. The molecule has 1 aliphatic heterocycles. The second-order valence-corrected chi connectivity index (χ2v) is 9.36. The lowest BCUT2D eigenvalue weighted by molar-refractivity contribution is -0.129. The number of carbonyl (C=O) groups excluding carboxylic acids is 1. The lowest BCUT2D eigenvalue weighted by Gasteiger charge is -2.34. The molecule has 0 radical (unpaired) electrons. The van der Waals surface area contributed by atoms with Gasteiger partial charge in [-0.3, -0.25) is 4.79 Å². The summed E-state index contributed by atoms with van der Waals surface area (Å²) in [7, 11) is -2.01. The van der Waals surface area contributed by atoms with Gasteiger partial charge >= 0.3 is 0 Å². The highest BCUT2D eigenvalue weighted by molar-refractivity contribution is 7.99. The van der Waals surface area contributed by atoms with Gasteiger partial charge in [0.2, 0.25) is 15.9 Å². The molecule has 0 aliphatic carbocycles. The van der Waals surface area contributed by atoms with Crippen LogP contribution >= 0.6 is 11.8 Å². The topological polar surface area (TPSA) is 66.9 Å². The third-order valence-corrected chi connectivity index (χ3v) is 7.53. The summed E-state index contributed by atoms with van der Waals surface area (Å²) in [5.74, 6) is 1.86. The molecule has 1 heterocycles. The van der Waals surface area contributed by atoms with E-state index < -0.39 is 10.0 Å². The summed E-state index contributed by atoms with van der Waals surface area (Å²) >= 11 is 1.58. The van der Waals surface area contributed by atoms with Gasteiger partial charge in [0.05, 0.1) is 17.8 Å². The van der Waals surface area contributed by atoms with Gasteiger partial charge in [-0.05, 0) is 29.8 Å². The zero-order valence-corrected chi connectivity index (χ0v) is 17.4. The Morgan fingerprint density at radius 2 is 1.64 bits per heavy atom. The number of rotatable bonds is 7. The van der Waals surface area contributed by atoms with E-state index in [1.807, 2.05) is 30.3 Å². The Balaban J connectivity index is 1.49. The molecule has 2 aromatic carbocycles. The summed E-state index contributed by atoms with van der Waals surface area (Å²) in [6.07, 6.45) is 0. The third kappa shape index (κ3) is 5.06. The molecule has 1 amide bonds. The van der Waals surface area contributed by atoms with E-state index in [1.165, 1.54) is 17.0 Å². The van der Waals surface area contributed by atoms with Gasteiger partial charge in [0, 0.05) is 31.9 Å². The maximum Gasteiger partial charge on any atom is 0.243 e. The molecule has 0 atom stereocenters. The van der Waals surface area contributed by atoms with Gasteiger partial charge in [-0.2, -0.15) is 4.31 Å². The second kappa shape index (κ2) is 9.45. The first kappa shape index (κ1) is 20.7. The summed E-state index contributed by atoms with van der Waals surface area (Å²) in [5.41, 5.74) is 1.19. The molecule has 3 rings (SSSR count). The van der Waals surface area contributed by atoms with Crippen molar-refractivity contribution in [2.45, 2.75) is 10.6 Å². The predicted octanol–water partition coefficient (Wildman–Crippen LogP) is 2.46. The van der Waals surface area contributed by atoms with Crippen LogP contribution in [0.5, 0.6) is 5.75 Å². The molecule has 6 nitrogen and oxygen atoms in total. The number of hydrogen-bond acceptors (Lipinski definition) is 5. The van der Waals surface area contributed by atoms with E-state index in [4.69, 9.17) is 4.74 Å². The summed E-state index contributed by atoms with van der Waals surface area (Å²) in [4.78, 5) is 14.4. The average Bonchev–Trinajstić information content (AvgIpc) is 2.74. The van der Waals surface area contributed by atoms with Crippen LogP contribution in [0.3, 0.4) is 0 Å². The van der Waals surface area contributed by atoms with E-state index in [-0.39, 0.29) is 10.8 Å².